The highest BCUT2D eigenvalue weighted by Crippen LogP contribution is 2.48. The minimum atomic E-state index is -4.96. The molecule has 0 N–H and O–H groups in total. The van der Waals surface area contributed by atoms with Gasteiger partial charge in [-0.25, -0.2) is 0 Å². The van der Waals surface area contributed by atoms with Crippen LogP contribution in [0.1, 0.15) is 49.1 Å². The van der Waals surface area contributed by atoms with Gasteiger partial charge in [0, 0.05) is 31.5 Å². The van der Waals surface area contributed by atoms with Crippen molar-refractivity contribution in [1.29, 1.82) is 0 Å². The van der Waals surface area contributed by atoms with Crippen molar-refractivity contribution in [3.05, 3.63) is 65.7 Å². The second kappa shape index (κ2) is 13.0. The van der Waals surface area contributed by atoms with E-state index in [1.807, 2.05) is 54.6 Å². The lowest BCUT2D eigenvalue weighted by Crippen LogP contribution is -2.52. The number of carbonyl (C=O) groups excluding carboxylic acids is 2. The van der Waals surface area contributed by atoms with Gasteiger partial charge in [-0.15, -0.1) is 0 Å². The van der Waals surface area contributed by atoms with Crippen LogP contribution in [0.3, 0.4) is 0 Å². The lowest BCUT2D eigenvalue weighted by molar-refractivity contribution is -0.188. The van der Waals surface area contributed by atoms with Crippen LogP contribution >= 0.6 is 0 Å². The molecule has 0 radical (unpaired) electrons. The summed E-state index contributed by atoms with van der Waals surface area (Å²) < 4.78 is 58.2. The van der Waals surface area contributed by atoms with E-state index < -0.39 is 23.5 Å². The van der Waals surface area contributed by atoms with Crippen molar-refractivity contribution in [3.63, 3.8) is 0 Å². The second-order valence-electron chi connectivity index (χ2n) is 11.8. The lowest BCUT2D eigenvalue weighted by atomic mass is 9.73. The van der Waals surface area contributed by atoms with Crippen LogP contribution in [-0.4, -0.2) is 86.5 Å². The van der Waals surface area contributed by atoms with Gasteiger partial charge < -0.3 is 24.0 Å². The minimum Gasteiger partial charge on any atom is -0.488 e. The van der Waals surface area contributed by atoms with Gasteiger partial charge in [-0.2, -0.15) is 13.2 Å². The summed E-state index contributed by atoms with van der Waals surface area (Å²) in [6.07, 6.45) is -1.68. The summed E-state index contributed by atoms with van der Waals surface area (Å²) in [6.45, 7) is 2.98. The first-order valence-corrected chi connectivity index (χ1v) is 14.7. The van der Waals surface area contributed by atoms with E-state index in [1.165, 1.54) is 7.11 Å². The van der Waals surface area contributed by atoms with Crippen LogP contribution < -0.4 is 4.74 Å². The Morgan fingerprint density at radius 1 is 1.10 bits per heavy atom. The SMILES string of the molecule is COC(=O)CCN1CCC(Cc2cccc(OC3CCOC3)c2)(CN(C(=O)C(F)(F)F)C2CC2c2ccccc2)CC1. The Balaban J connectivity index is 1.38. The molecular weight excluding hydrogens is 549 g/mol. The number of halogens is 3. The van der Waals surface area contributed by atoms with Crippen LogP contribution in [0.4, 0.5) is 13.2 Å². The van der Waals surface area contributed by atoms with Crippen LogP contribution in [0.25, 0.3) is 0 Å². The van der Waals surface area contributed by atoms with Gasteiger partial charge in [-0.05, 0) is 67.4 Å². The van der Waals surface area contributed by atoms with Crippen molar-refractivity contribution in [1.82, 2.24) is 9.80 Å². The van der Waals surface area contributed by atoms with Crippen LogP contribution in [-0.2, 0) is 25.5 Å². The summed E-state index contributed by atoms with van der Waals surface area (Å²) in [5.41, 5.74) is 1.35. The Kier molecular flexibility index (Phi) is 9.42. The number of piperidine rings is 1. The highest BCUT2D eigenvalue weighted by Gasteiger charge is 2.54. The third kappa shape index (κ3) is 7.64. The quantitative estimate of drug-likeness (QED) is 0.345. The molecule has 2 aromatic rings. The Bertz CT molecular complexity index is 1210. The molecule has 10 heteroatoms. The largest absolute Gasteiger partial charge is 0.488 e. The zero-order valence-electron chi connectivity index (χ0n) is 24.0. The van der Waals surface area contributed by atoms with Crippen molar-refractivity contribution in [2.24, 2.45) is 5.41 Å². The highest BCUT2D eigenvalue weighted by atomic mass is 19.4. The summed E-state index contributed by atoms with van der Waals surface area (Å²) in [4.78, 5) is 27.9. The molecule has 3 atom stereocenters. The monoisotopic (exact) mass is 588 g/mol. The molecule has 2 aromatic carbocycles. The Morgan fingerprint density at radius 2 is 1.86 bits per heavy atom. The number of hydrogen-bond donors (Lipinski definition) is 0. The first-order chi connectivity index (χ1) is 20.2. The fraction of sp³-hybridized carbons (Fsp3) is 0.562. The fourth-order valence-electron chi connectivity index (χ4n) is 6.40. The number of amides is 1. The molecular formula is C32H39F3N2O5. The molecule has 228 valence electrons. The second-order valence-corrected chi connectivity index (χ2v) is 11.8. The molecule has 5 rings (SSSR count). The predicted octanol–water partition coefficient (Wildman–Crippen LogP) is 4.99. The Hall–Kier alpha value is -3.11. The van der Waals surface area contributed by atoms with E-state index in [2.05, 4.69) is 4.90 Å². The van der Waals surface area contributed by atoms with Crippen LogP contribution in [0.5, 0.6) is 5.75 Å². The van der Waals surface area contributed by atoms with Gasteiger partial charge in [0.2, 0.25) is 0 Å². The zero-order valence-corrected chi connectivity index (χ0v) is 24.0. The molecule has 2 aliphatic heterocycles. The van der Waals surface area contributed by atoms with Gasteiger partial charge in [0.05, 0.1) is 26.7 Å². The maximum absolute atomic E-state index is 14.0. The van der Waals surface area contributed by atoms with Gasteiger partial charge in [0.25, 0.3) is 0 Å². The van der Waals surface area contributed by atoms with E-state index in [0.29, 0.717) is 64.3 Å². The molecule has 0 aromatic heterocycles. The number of benzene rings is 2. The topological polar surface area (TPSA) is 68.3 Å². The predicted molar refractivity (Wildman–Crippen MR) is 150 cm³/mol. The van der Waals surface area contributed by atoms with E-state index in [4.69, 9.17) is 14.2 Å². The number of nitrogens with zero attached hydrogens (tertiary/aromatic N) is 2. The molecule has 42 heavy (non-hydrogen) atoms. The number of rotatable bonds is 11. The van der Waals surface area contributed by atoms with Crippen LogP contribution in [0.15, 0.2) is 54.6 Å². The normalized spacial score (nSPS) is 23.8. The van der Waals surface area contributed by atoms with Crippen molar-refractivity contribution in [2.45, 2.75) is 62.8 Å². The van der Waals surface area contributed by atoms with Crippen molar-refractivity contribution in [3.8, 4) is 5.75 Å². The van der Waals surface area contributed by atoms with Gasteiger partial charge in [0.15, 0.2) is 0 Å². The van der Waals surface area contributed by atoms with E-state index in [-0.39, 0.29) is 31.0 Å². The molecule has 1 amide bonds. The molecule has 3 unspecified atom stereocenters. The Morgan fingerprint density at radius 3 is 2.52 bits per heavy atom. The fourth-order valence-corrected chi connectivity index (χ4v) is 6.40. The number of ether oxygens (including phenoxy) is 3. The first kappa shape index (κ1) is 30.4. The maximum Gasteiger partial charge on any atom is 0.471 e. The molecule has 3 aliphatic rings. The number of alkyl halides is 3. The smallest absolute Gasteiger partial charge is 0.471 e. The summed E-state index contributed by atoms with van der Waals surface area (Å²) in [6, 6.07) is 16.7. The van der Waals surface area contributed by atoms with Crippen molar-refractivity contribution in [2.75, 3.05) is 46.5 Å². The van der Waals surface area contributed by atoms with E-state index >= 15 is 0 Å². The average Bonchev–Trinajstić information content (AvgIpc) is 3.62. The van der Waals surface area contributed by atoms with Gasteiger partial charge >= 0.3 is 18.1 Å². The molecule has 1 aliphatic carbocycles. The van der Waals surface area contributed by atoms with Crippen LogP contribution in [0, 0.1) is 5.41 Å². The summed E-state index contributed by atoms with van der Waals surface area (Å²) in [7, 11) is 1.36. The third-order valence-electron chi connectivity index (χ3n) is 8.84. The average molecular weight is 589 g/mol. The van der Waals surface area contributed by atoms with E-state index in [9.17, 15) is 22.8 Å². The van der Waals surface area contributed by atoms with Crippen LogP contribution in [0.2, 0.25) is 0 Å². The highest BCUT2D eigenvalue weighted by molar-refractivity contribution is 5.82. The standard InChI is InChI=1S/C32H39F3N2O5/c1-40-29(38)10-14-36-15-12-31(13-16-36,20-23-6-5-9-25(18-23)42-26-11-17-41-21-26)22-37(30(39)32(33,34)35)28-19-27(28)24-7-3-2-4-8-24/h2-9,18,26-28H,10-17,19-22H2,1H3. The first-order valence-electron chi connectivity index (χ1n) is 14.7. The zero-order chi connectivity index (χ0) is 29.7. The van der Waals surface area contributed by atoms with Gasteiger partial charge in [-0.1, -0.05) is 42.5 Å². The maximum atomic E-state index is 14.0. The van der Waals surface area contributed by atoms with Gasteiger partial charge in [-0.3, -0.25) is 9.59 Å². The Labute approximate surface area is 244 Å². The van der Waals surface area contributed by atoms with E-state index in [0.717, 1.165) is 22.4 Å². The third-order valence-corrected chi connectivity index (χ3v) is 8.84. The molecule has 7 nitrogen and oxygen atoms in total. The number of carbonyl (C=O) groups is 2. The number of hydrogen-bond acceptors (Lipinski definition) is 6. The number of likely N-dealkylation sites (tertiary alicyclic amines) is 1. The van der Waals surface area contributed by atoms with Crippen molar-refractivity contribution < 1.29 is 37.0 Å². The molecule has 0 bridgehead atoms. The molecule has 2 saturated heterocycles. The van der Waals surface area contributed by atoms with E-state index in [1.54, 1.807) is 0 Å². The molecule has 3 fully saturated rings. The lowest BCUT2D eigenvalue weighted by Gasteiger charge is -2.45. The summed E-state index contributed by atoms with van der Waals surface area (Å²) in [5, 5.41) is 0. The summed E-state index contributed by atoms with van der Waals surface area (Å²) in [5.74, 6) is -1.46. The number of esters is 1. The number of methoxy groups -OCH3 is 1. The molecule has 1 saturated carbocycles. The minimum absolute atomic E-state index is 0.0167. The summed E-state index contributed by atoms with van der Waals surface area (Å²) >= 11 is 0. The van der Waals surface area contributed by atoms with Crippen molar-refractivity contribution >= 4 is 11.9 Å². The van der Waals surface area contributed by atoms with Gasteiger partial charge in [0.1, 0.15) is 11.9 Å². The molecule has 0 spiro atoms. The molecule has 2 heterocycles.